The first-order valence-electron chi connectivity index (χ1n) is 9.38. The Balaban J connectivity index is 1.38. The highest BCUT2D eigenvalue weighted by molar-refractivity contribution is 7.16. The Morgan fingerprint density at radius 1 is 1.18 bits per heavy atom. The van der Waals surface area contributed by atoms with Crippen LogP contribution in [-0.4, -0.2) is 33.2 Å². The largest absolute Gasteiger partial charge is 0.355 e. The predicted octanol–water partition coefficient (Wildman–Crippen LogP) is 3.58. The second-order valence-corrected chi connectivity index (χ2v) is 7.87. The minimum absolute atomic E-state index is 0.196. The molecule has 1 saturated heterocycles. The van der Waals surface area contributed by atoms with E-state index in [1.807, 2.05) is 24.3 Å². The monoisotopic (exact) mass is 392 g/mol. The summed E-state index contributed by atoms with van der Waals surface area (Å²) < 4.78 is 5.63. The molecule has 0 saturated carbocycles. The van der Waals surface area contributed by atoms with Crippen LogP contribution in [0, 0.1) is 0 Å². The number of thiophene rings is 1. The number of fused-ring (bicyclic) bond motifs is 1. The molecule has 5 rings (SSSR count). The summed E-state index contributed by atoms with van der Waals surface area (Å²) in [7, 11) is 0. The van der Waals surface area contributed by atoms with Crippen molar-refractivity contribution in [1.82, 2.24) is 20.1 Å². The lowest BCUT2D eigenvalue weighted by atomic mass is 9.98. The van der Waals surface area contributed by atoms with Gasteiger partial charge in [-0.15, -0.1) is 11.3 Å². The summed E-state index contributed by atoms with van der Waals surface area (Å²) in [4.78, 5) is 16.9. The predicted molar refractivity (Wildman–Crippen MR) is 109 cm³/mol. The van der Waals surface area contributed by atoms with Gasteiger partial charge in [0.15, 0.2) is 0 Å². The van der Waals surface area contributed by atoms with E-state index in [-0.39, 0.29) is 5.92 Å². The molecule has 0 radical (unpaired) electrons. The van der Waals surface area contributed by atoms with E-state index in [1.54, 1.807) is 17.7 Å². The van der Waals surface area contributed by atoms with Crippen molar-refractivity contribution >= 4 is 27.4 Å². The Morgan fingerprint density at radius 2 is 2.07 bits per heavy atom. The van der Waals surface area contributed by atoms with Crippen molar-refractivity contribution < 1.29 is 4.52 Å². The van der Waals surface area contributed by atoms with Crippen LogP contribution in [0.1, 0.15) is 30.2 Å². The van der Waals surface area contributed by atoms with Crippen molar-refractivity contribution in [2.45, 2.75) is 25.3 Å². The maximum Gasteiger partial charge on any atom is 0.231 e. The highest BCUT2D eigenvalue weighted by Gasteiger charge is 2.28. The highest BCUT2D eigenvalue weighted by Crippen LogP contribution is 2.33. The van der Waals surface area contributed by atoms with Crippen molar-refractivity contribution in [3.8, 4) is 11.4 Å². The number of nitrogens with two attached hydrogens (primary N) is 1. The normalized spacial score (nSPS) is 17.3. The molecule has 2 N–H and O–H groups in total. The van der Waals surface area contributed by atoms with E-state index in [4.69, 9.17) is 10.3 Å². The Morgan fingerprint density at radius 3 is 2.93 bits per heavy atom. The molecule has 0 spiro atoms. The molecule has 7 nitrogen and oxygen atoms in total. The third-order valence-corrected chi connectivity index (χ3v) is 6.02. The molecule has 142 valence electrons. The Bertz CT molecular complexity index is 1090. The van der Waals surface area contributed by atoms with Gasteiger partial charge >= 0.3 is 0 Å². The maximum absolute atomic E-state index is 5.67. The van der Waals surface area contributed by atoms with Crippen LogP contribution in [0.15, 0.2) is 46.6 Å². The maximum atomic E-state index is 5.67. The van der Waals surface area contributed by atoms with Crippen LogP contribution < -0.4 is 10.6 Å². The lowest BCUT2D eigenvalue weighted by molar-refractivity contribution is 0.333. The van der Waals surface area contributed by atoms with Gasteiger partial charge in [-0.05, 0) is 29.9 Å². The van der Waals surface area contributed by atoms with E-state index >= 15 is 0 Å². The molecule has 3 aromatic heterocycles. The van der Waals surface area contributed by atoms with Crippen LogP contribution in [0.5, 0.6) is 0 Å². The molecule has 4 aromatic rings. The molecule has 28 heavy (non-hydrogen) atoms. The van der Waals surface area contributed by atoms with E-state index in [9.17, 15) is 0 Å². The summed E-state index contributed by atoms with van der Waals surface area (Å²) in [5.41, 5.74) is 7.69. The fourth-order valence-electron chi connectivity index (χ4n) is 3.71. The van der Waals surface area contributed by atoms with Gasteiger partial charge in [0.05, 0.1) is 11.3 Å². The van der Waals surface area contributed by atoms with Gasteiger partial charge in [0.1, 0.15) is 17.0 Å². The Hall–Kier alpha value is -2.84. The number of nitrogens with zero attached hydrogens (tertiary/aromatic N) is 5. The van der Waals surface area contributed by atoms with Crippen molar-refractivity contribution in [2.24, 2.45) is 5.73 Å². The zero-order chi connectivity index (χ0) is 18.9. The number of benzene rings is 1. The van der Waals surface area contributed by atoms with Gasteiger partial charge in [-0.1, -0.05) is 29.4 Å². The van der Waals surface area contributed by atoms with Crippen LogP contribution >= 0.6 is 11.3 Å². The Labute approximate surface area is 166 Å². The van der Waals surface area contributed by atoms with Gasteiger partial charge in [-0.2, -0.15) is 4.98 Å². The molecule has 0 aliphatic carbocycles. The minimum atomic E-state index is 0.196. The van der Waals surface area contributed by atoms with Crippen molar-refractivity contribution in [3.63, 3.8) is 0 Å². The summed E-state index contributed by atoms with van der Waals surface area (Å²) in [6, 6.07) is 10.1. The molecule has 0 amide bonds. The molecular formula is C20H20N6OS. The van der Waals surface area contributed by atoms with Crippen LogP contribution in [0.25, 0.3) is 21.6 Å². The van der Waals surface area contributed by atoms with Gasteiger partial charge in [-0.25, -0.2) is 9.97 Å². The fourth-order valence-corrected chi connectivity index (χ4v) is 4.44. The quantitative estimate of drug-likeness (QED) is 0.567. The van der Waals surface area contributed by atoms with Crippen LogP contribution in [-0.2, 0) is 6.54 Å². The molecule has 1 atom stereocenters. The third-order valence-electron chi connectivity index (χ3n) is 5.20. The van der Waals surface area contributed by atoms with Gasteiger partial charge in [0.25, 0.3) is 0 Å². The number of hydrogen-bond donors (Lipinski definition) is 1. The Kier molecular flexibility index (Phi) is 4.50. The second-order valence-electron chi connectivity index (χ2n) is 6.98. The number of piperidine rings is 1. The van der Waals surface area contributed by atoms with E-state index in [2.05, 4.69) is 36.5 Å². The molecule has 8 heteroatoms. The second kappa shape index (κ2) is 7.29. The first-order valence-corrected chi connectivity index (χ1v) is 10.3. The topological polar surface area (TPSA) is 94.0 Å². The summed E-state index contributed by atoms with van der Waals surface area (Å²) in [5, 5.41) is 7.37. The van der Waals surface area contributed by atoms with Gasteiger partial charge in [0, 0.05) is 25.2 Å². The molecule has 1 aromatic carbocycles. The highest BCUT2D eigenvalue weighted by atomic mass is 32.1. The van der Waals surface area contributed by atoms with Gasteiger partial charge in [0.2, 0.25) is 11.7 Å². The average molecular weight is 392 g/mol. The summed E-state index contributed by atoms with van der Waals surface area (Å²) in [6.45, 7) is 2.31. The van der Waals surface area contributed by atoms with Gasteiger partial charge < -0.3 is 15.2 Å². The SMILES string of the molecule is NCc1ccc(-c2noc(C3CCCN(c4ncnc5sccc45)C3)n2)cc1. The number of aromatic nitrogens is 4. The van der Waals surface area contributed by atoms with E-state index < -0.39 is 0 Å². The molecule has 1 fully saturated rings. The minimum Gasteiger partial charge on any atom is -0.355 e. The number of hydrogen-bond acceptors (Lipinski definition) is 8. The van der Waals surface area contributed by atoms with Crippen LogP contribution in [0.3, 0.4) is 0 Å². The van der Waals surface area contributed by atoms with Crippen molar-refractivity contribution in [3.05, 3.63) is 53.5 Å². The van der Waals surface area contributed by atoms with E-state index in [0.29, 0.717) is 18.3 Å². The molecule has 1 unspecified atom stereocenters. The molecular weight excluding hydrogens is 372 g/mol. The first kappa shape index (κ1) is 17.3. The molecule has 1 aliphatic rings. The molecule has 4 heterocycles. The van der Waals surface area contributed by atoms with Crippen molar-refractivity contribution in [1.29, 1.82) is 0 Å². The van der Waals surface area contributed by atoms with E-state index in [1.165, 1.54) is 0 Å². The average Bonchev–Trinajstić information content (AvgIpc) is 3.43. The molecule has 1 aliphatic heterocycles. The summed E-state index contributed by atoms with van der Waals surface area (Å²) in [6.07, 6.45) is 3.74. The number of rotatable bonds is 4. The summed E-state index contributed by atoms with van der Waals surface area (Å²) in [5.74, 6) is 2.51. The zero-order valence-electron chi connectivity index (χ0n) is 15.3. The van der Waals surface area contributed by atoms with Crippen molar-refractivity contribution in [2.75, 3.05) is 18.0 Å². The van der Waals surface area contributed by atoms with Gasteiger partial charge in [-0.3, -0.25) is 0 Å². The zero-order valence-corrected chi connectivity index (χ0v) is 16.1. The van der Waals surface area contributed by atoms with Crippen LogP contribution in [0.2, 0.25) is 0 Å². The lowest BCUT2D eigenvalue weighted by Crippen LogP contribution is -2.35. The first-order chi connectivity index (χ1) is 13.8. The molecule has 0 bridgehead atoms. The van der Waals surface area contributed by atoms with Crippen LogP contribution in [0.4, 0.5) is 5.82 Å². The summed E-state index contributed by atoms with van der Waals surface area (Å²) >= 11 is 1.64. The third kappa shape index (κ3) is 3.14. The number of anilines is 1. The standard InChI is InChI=1S/C20H20N6OS/c21-10-13-3-5-14(6-4-13)17-24-19(27-25-17)15-2-1-8-26(11-15)18-16-7-9-28-20(16)23-12-22-18/h3-7,9,12,15H,1-2,8,10-11,21H2. The van der Waals surface area contributed by atoms with E-state index in [0.717, 1.165) is 53.1 Å². The lowest BCUT2D eigenvalue weighted by Gasteiger charge is -2.32. The fraction of sp³-hybridized carbons (Fsp3) is 0.300. The smallest absolute Gasteiger partial charge is 0.231 e.